The van der Waals surface area contributed by atoms with E-state index in [1.807, 2.05) is 0 Å². The van der Waals surface area contributed by atoms with E-state index in [1.165, 1.54) is 34.3 Å². The van der Waals surface area contributed by atoms with Gasteiger partial charge in [0.15, 0.2) is 41.8 Å². The number of hydrogen-bond acceptors (Lipinski definition) is 18. The molecule has 8 N–H and O–H groups in total. The van der Waals surface area contributed by atoms with Crippen molar-refractivity contribution >= 4 is 77.5 Å². The maximum atomic E-state index is 16.2. The van der Waals surface area contributed by atoms with Gasteiger partial charge in [-0.15, -0.1) is 0 Å². The molecule has 3 fully saturated rings. The highest BCUT2D eigenvalue weighted by atomic mass is 32.7. The highest BCUT2D eigenvalue weighted by Crippen LogP contribution is 2.58. The molecule has 3 aliphatic heterocycles. The lowest BCUT2D eigenvalue weighted by Crippen LogP contribution is -2.42. The fraction of sp³-hybridized carbons (Fsp3) is 0.520. The molecule has 0 spiro atoms. The number of pyridine rings is 1. The Bertz CT molecular complexity index is 2030. The van der Waals surface area contributed by atoms with E-state index in [0.717, 1.165) is 0 Å². The van der Waals surface area contributed by atoms with Crippen LogP contribution in [0.1, 0.15) is 18.9 Å². The van der Waals surface area contributed by atoms with Crippen molar-refractivity contribution < 1.29 is 50.9 Å². The topological polar surface area (TPSA) is 283 Å². The number of alkyl halides is 1. The minimum absolute atomic E-state index is 0.0524. The van der Waals surface area contributed by atoms with Gasteiger partial charge in [0.1, 0.15) is 41.8 Å². The van der Waals surface area contributed by atoms with Crippen molar-refractivity contribution in [2.75, 3.05) is 37.8 Å². The molecule has 0 aliphatic carbocycles. The Morgan fingerprint density at radius 3 is 2.51 bits per heavy atom. The number of nitrogens with one attached hydrogen (secondary N) is 1. The summed E-state index contributed by atoms with van der Waals surface area (Å²) in [4.78, 5) is 45.1. The molecule has 2 unspecified atom stereocenters. The lowest BCUT2D eigenvalue weighted by atomic mass is 10.1. The highest BCUT2D eigenvalue weighted by molar-refractivity contribution is 8.44. The molecule has 7 heterocycles. The lowest BCUT2D eigenvalue weighted by molar-refractivity contribution is -0.0573. The van der Waals surface area contributed by atoms with Gasteiger partial charge < -0.3 is 46.1 Å². The van der Waals surface area contributed by atoms with Gasteiger partial charge in [0.2, 0.25) is 0 Å². The molecule has 3 aliphatic rings. The minimum atomic E-state index is -4.42. The SMILES string of the molecule is NCCCNC(=O)O[C@@H]1[C@@H]2OP(O)(=S)OC[C@H]3O[C@@H](n4cnc5c(N)ncnc54)[C@H](F)[C@@H]3OP(=O)(S)OC[C@H]2O[C@H]1n1cnc2c(N)ccnc21. The van der Waals surface area contributed by atoms with E-state index in [-0.39, 0.29) is 29.2 Å². The lowest BCUT2D eigenvalue weighted by Gasteiger charge is -2.30. The summed E-state index contributed by atoms with van der Waals surface area (Å²) in [6, 6.07) is 1.55. The van der Waals surface area contributed by atoms with Crippen LogP contribution >= 0.6 is 25.8 Å². The zero-order valence-electron chi connectivity index (χ0n) is 26.2. The smallest absolute Gasteiger partial charge is 0.407 e. The third-order valence-electron chi connectivity index (χ3n) is 8.19. The molecule has 1 amide bonds. The number of carbonyl (C=O) groups is 1. The monoisotopic (exact) mass is 791 g/mol. The molecular formula is C25H32FN11O10P2S2. The van der Waals surface area contributed by atoms with Crippen LogP contribution in [0.4, 0.5) is 20.7 Å². The molecule has 7 rings (SSSR count). The Morgan fingerprint density at radius 1 is 1.04 bits per heavy atom. The Hall–Kier alpha value is -3.12. The quantitative estimate of drug-likeness (QED) is 0.0905. The van der Waals surface area contributed by atoms with E-state index in [0.29, 0.717) is 24.2 Å². The Balaban J connectivity index is 1.19. The maximum absolute atomic E-state index is 16.2. The molecular weight excluding hydrogens is 759 g/mol. The summed E-state index contributed by atoms with van der Waals surface area (Å²) in [7, 11) is 0. The molecule has 0 saturated carbocycles. The Morgan fingerprint density at radius 2 is 1.73 bits per heavy atom. The number of carbonyl (C=O) groups excluding carboxylic acids is 1. The highest BCUT2D eigenvalue weighted by Gasteiger charge is 2.55. The van der Waals surface area contributed by atoms with Crippen LogP contribution in [0.3, 0.4) is 0 Å². The number of aromatic nitrogens is 7. The first kappa shape index (κ1) is 36.2. The molecule has 26 heteroatoms. The number of ether oxygens (including phenoxy) is 3. The van der Waals surface area contributed by atoms with Crippen LogP contribution in [0.5, 0.6) is 0 Å². The second-order valence-electron chi connectivity index (χ2n) is 11.5. The predicted molar refractivity (Wildman–Crippen MR) is 181 cm³/mol. The minimum Gasteiger partial charge on any atom is -0.438 e. The largest absolute Gasteiger partial charge is 0.438 e. The van der Waals surface area contributed by atoms with Crippen LogP contribution in [0.2, 0.25) is 0 Å². The van der Waals surface area contributed by atoms with Crippen molar-refractivity contribution in [1.82, 2.24) is 39.4 Å². The standard InChI is InChI=1S/C25H32FN11O10P2S2/c26-14-17-12(43-23(14)36-10-35-16-20(29)32-8-33-22(16)36)6-41-49(40,51)47-18-13(7-42-48(39,50)46-17)44-24(19(18)45-25(38)31-4-1-3-27)37-9-34-15-11(28)2-5-30-21(15)37/h2,5,8-10,12-14,17-19,23-24H,1,3-4,6-7,27H2,(H2,28,30)(H,31,38)(H,39,50)(H,40,51)(H2,29,32,33)/t12-,13-,14-,17-,18-,19-,23-,24-,48?,49?/m1/s1. The number of nitrogens with two attached hydrogens (primary N) is 3. The summed E-state index contributed by atoms with van der Waals surface area (Å²) in [5.41, 5.74) is 18.7. The van der Waals surface area contributed by atoms with Crippen molar-refractivity contribution in [2.24, 2.45) is 5.73 Å². The summed E-state index contributed by atoms with van der Waals surface area (Å²) in [6.45, 7) is -9.44. The fourth-order valence-corrected chi connectivity index (χ4v) is 8.78. The number of rotatable bonds is 6. The van der Waals surface area contributed by atoms with Crippen molar-refractivity contribution in [3.05, 3.63) is 31.2 Å². The van der Waals surface area contributed by atoms with E-state index in [1.54, 1.807) is 6.07 Å². The molecule has 4 aromatic rings. The molecule has 0 radical (unpaired) electrons. The number of nitrogen functional groups attached to an aromatic ring is 2. The number of alkyl carbamates (subject to hydrolysis) is 1. The molecule has 21 nitrogen and oxygen atoms in total. The van der Waals surface area contributed by atoms with Crippen LogP contribution in [0.15, 0.2) is 31.2 Å². The van der Waals surface area contributed by atoms with Crippen molar-refractivity contribution in [3.63, 3.8) is 0 Å². The molecule has 276 valence electrons. The molecule has 0 aromatic carbocycles. The first-order valence-corrected chi connectivity index (χ1v) is 20.6. The van der Waals surface area contributed by atoms with E-state index >= 15 is 4.39 Å². The Kier molecular flexibility index (Phi) is 10.2. The van der Waals surface area contributed by atoms with Crippen LogP contribution in [0, 0.1) is 0 Å². The zero-order valence-corrected chi connectivity index (χ0v) is 29.7. The predicted octanol–water partition coefficient (Wildman–Crippen LogP) is 1.08. The molecule has 3 saturated heterocycles. The van der Waals surface area contributed by atoms with Gasteiger partial charge in [-0.1, -0.05) is 12.2 Å². The number of nitrogens with zero attached hydrogens (tertiary/aromatic N) is 7. The van der Waals surface area contributed by atoms with Gasteiger partial charge in [-0.05, 0) is 30.8 Å². The van der Waals surface area contributed by atoms with Crippen molar-refractivity contribution in [2.45, 2.75) is 55.6 Å². The second-order valence-corrected chi connectivity index (χ2v) is 17.2. The number of amides is 1. The molecule has 4 aromatic heterocycles. The molecule has 10 atom stereocenters. The number of halogens is 1. The van der Waals surface area contributed by atoms with Crippen molar-refractivity contribution in [1.29, 1.82) is 0 Å². The third kappa shape index (κ3) is 7.28. The second kappa shape index (κ2) is 14.4. The van der Waals surface area contributed by atoms with Gasteiger partial charge >= 0.3 is 19.6 Å². The van der Waals surface area contributed by atoms with E-state index in [2.05, 4.69) is 42.5 Å². The van der Waals surface area contributed by atoms with Crippen LogP contribution < -0.4 is 22.5 Å². The first-order valence-electron chi connectivity index (χ1n) is 15.3. The summed E-state index contributed by atoms with van der Waals surface area (Å²) in [5, 5.41) is 2.57. The van der Waals surface area contributed by atoms with Crippen LogP contribution in [0.25, 0.3) is 22.3 Å². The van der Waals surface area contributed by atoms with Gasteiger partial charge in [-0.3, -0.25) is 22.7 Å². The van der Waals surface area contributed by atoms with E-state index in [4.69, 9.17) is 61.3 Å². The molecule has 51 heavy (non-hydrogen) atoms. The van der Waals surface area contributed by atoms with E-state index < -0.39 is 82.0 Å². The number of thiol groups is 1. The third-order valence-corrected chi connectivity index (χ3v) is 11.4. The van der Waals surface area contributed by atoms with Crippen molar-refractivity contribution in [3.8, 4) is 0 Å². The number of hydrogen-bond donors (Lipinski definition) is 6. The summed E-state index contributed by atoms with van der Waals surface area (Å²) in [6.07, 6.45) is -6.95. The molecule has 0 bridgehead atoms. The zero-order chi connectivity index (χ0) is 36.1. The summed E-state index contributed by atoms with van der Waals surface area (Å²) in [5.74, 6) is 0.0524. The van der Waals surface area contributed by atoms with E-state index in [9.17, 15) is 14.3 Å². The fourth-order valence-electron chi connectivity index (χ4n) is 5.85. The van der Waals surface area contributed by atoms with Gasteiger partial charge in [0, 0.05) is 12.7 Å². The van der Waals surface area contributed by atoms with Gasteiger partial charge in [0.05, 0.1) is 31.6 Å². The maximum Gasteiger partial charge on any atom is 0.407 e. The number of anilines is 2. The van der Waals surface area contributed by atoms with Gasteiger partial charge in [-0.2, -0.15) is 0 Å². The average molecular weight is 792 g/mol. The Labute approximate surface area is 297 Å². The normalized spacial score (nSPS) is 34.4. The summed E-state index contributed by atoms with van der Waals surface area (Å²) >= 11 is 9.45. The van der Waals surface area contributed by atoms with Crippen LogP contribution in [-0.2, 0) is 48.7 Å². The van der Waals surface area contributed by atoms with Gasteiger partial charge in [-0.25, -0.2) is 38.7 Å². The van der Waals surface area contributed by atoms with Gasteiger partial charge in [0.25, 0.3) is 0 Å². The summed E-state index contributed by atoms with van der Waals surface area (Å²) < 4.78 is 73.3. The first-order chi connectivity index (χ1) is 24.4. The van der Waals surface area contributed by atoms with Crippen LogP contribution in [-0.4, -0.2) is 108 Å². The number of fused-ring (bicyclic) bond motifs is 4. The number of imidazole rings is 2. The average Bonchev–Trinajstić information content (AvgIpc) is 3.85.